The number of nitrogens with zero attached hydrogens (tertiary/aromatic N) is 3. The van der Waals surface area contributed by atoms with E-state index < -0.39 is 5.60 Å². The highest BCUT2D eigenvalue weighted by atomic mass is 16.6. The van der Waals surface area contributed by atoms with E-state index in [0.717, 1.165) is 98.8 Å². The number of anilines is 2. The maximum atomic E-state index is 11.8. The van der Waals surface area contributed by atoms with Crippen LogP contribution >= 0.6 is 0 Å². The first kappa shape index (κ1) is 33.5. The molecule has 2 heterocycles. The molecule has 3 aromatic rings. The molecule has 0 atom stereocenters. The fourth-order valence-electron chi connectivity index (χ4n) is 6.16. The first-order chi connectivity index (χ1) is 22.1. The smallest absolute Gasteiger partial charge is 0.407 e. The van der Waals surface area contributed by atoms with Gasteiger partial charge in [0.15, 0.2) is 0 Å². The van der Waals surface area contributed by atoms with Crippen molar-refractivity contribution >= 4 is 17.5 Å². The second-order valence-electron chi connectivity index (χ2n) is 13.6. The second-order valence-corrected chi connectivity index (χ2v) is 13.6. The fourth-order valence-corrected chi connectivity index (χ4v) is 6.16. The van der Waals surface area contributed by atoms with Crippen molar-refractivity contribution in [3.8, 4) is 28.3 Å². The Morgan fingerprint density at radius 3 is 2.02 bits per heavy atom. The van der Waals surface area contributed by atoms with Gasteiger partial charge in [0, 0.05) is 67.3 Å². The number of alkyl carbamates (subject to hydrolysis) is 1. The number of hydrogen-bond donors (Lipinski definition) is 3. The molecule has 9 heteroatoms. The summed E-state index contributed by atoms with van der Waals surface area (Å²) in [6.45, 7) is 11.4. The van der Waals surface area contributed by atoms with Crippen LogP contribution in [-0.2, 0) is 4.74 Å². The molecule has 0 unspecified atom stereocenters. The van der Waals surface area contributed by atoms with Gasteiger partial charge in [-0.1, -0.05) is 12.1 Å². The number of ether oxygens (including phenoxy) is 2. The van der Waals surface area contributed by atoms with Gasteiger partial charge in [0.2, 0.25) is 0 Å². The molecule has 9 nitrogen and oxygen atoms in total. The Balaban J connectivity index is 1.19. The fraction of sp³-hybridized carbons (Fsp3) is 0.514. The number of nitrogens with one attached hydrogen (secondary N) is 3. The van der Waals surface area contributed by atoms with Gasteiger partial charge in [0.25, 0.3) is 0 Å². The number of carbonyl (C=O) groups is 1. The number of hydrogen-bond acceptors (Lipinski definition) is 8. The lowest BCUT2D eigenvalue weighted by atomic mass is 9.91. The topological polar surface area (TPSA) is 91.0 Å². The number of piperazine rings is 1. The Morgan fingerprint density at radius 1 is 0.848 bits per heavy atom. The van der Waals surface area contributed by atoms with Crippen molar-refractivity contribution in [2.24, 2.45) is 0 Å². The molecule has 1 aliphatic carbocycles. The molecule has 5 rings (SSSR count). The number of pyridine rings is 1. The lowest BCUT2D eigenvalue weighted by Crippen LogP contribution is -2.44. The quantitative estimate of drug-likeness (QED) is 0.210. The summed E-state index contributed by atoms with van der Waals surface area (Å²) in [7, 11) is 3.88. The molecule has 2 aliphatic rings. The summed E-state index contributed by atoms with van der Waals surface area (Å²) in [4.78, 5) is 21.8. The molecular formula is C37H52N6O3. The van der Waals surface area contributed by atoms with Gasteiger partial charge in [-0.05, 0) is 115 Å². The van der Waals surface area contributed by atoms with Crippen molar-refractivity contribution in [1.29, 1.82) is 0 Å². The van der Waals surface area contributed by atoms with Crippen molar-refractivity contribution in [1.82, 2.24) is 20.5 Å². The van der Waals surface area contributed by atoms with Gasteiger partial charge >= 0.3 is 6.09 Å². The van der Waals surface area contributed by atoms with Crippen LogP contribution in [0.1, 0.15) is 52.9 Å². The zero-order valence-electron chi connectivity index (χ0n) is 28.3. The highest BCUT2D eigenvalue weighted by molar-refractivity contribution is 5.73. The highest BCUT2D eigenvalue weighted by Crippen LogP contribution is 2.31. The van der Waals surface area contributed by atoms with Crippen LogP contribution in [0.4, 0.5) is 16.2 Å². The third-order valence-electron chi connectivity index (χ3n) is 8.80. The molecule has 1 saturated heterocycles. The lowest BCUT2D eigenvalue weighted by Gasteiger charge is -2.34. The normalized spacial score (nSPS) is 19.0. The molecule has 1 amide bonds. The Hall–Kier alpha value is -3.82. The summed E-state index contributed by atoms with van der Waals surface area (Å²) >= 11 is 0. The van der Waals surface area contributed by atoms with Crippen LogP contribution in [-0.4, -0.2) is 87.1 Å². The van der Waals surface area contributed by atoms with Gasteiger partial charge in [-0.15, -0.1) is 0 Å². The van der Waals surface area contributed by atoms with Crippen LogP contribution in [0.5, 0.6) is 5.75 Å². The molecule has 1 saturated carbocycles. The average Bonchev–Trinajstić information content (AvgIpc) is 3.05. The summed E-state index contributed by atoms with van der Waals surface area (Å²) in [6.07, 6.45) is 4.96. The van der Waals surface area contributed by atoms with E-state index in [0.29, 0.717) is 18.6 Å². The number of carbonyl (C=O) groups excluding carboxylic acids is 1. The number of rotatable bonds is 11. The van der Waals surface area contributed by atoms with E-state index in [9.17, 15) is 4.79 Å². The summed E-state index contributed by atoms with van der Waals surface area (Å²) in [5.41, 5.74) is 5.99. The zero-order valence-corrected chi connectivity index (χ0v) is 28.3. The third kappa shape index (κ3) is 9.84. The van der Waals surface area contributed by atoms with Crippen LogP contribution < -0.4 is 25.6 Å². The molecule has 1 aliphatic heterocycles. The number of likely N-dealkylation sites (N-methyl/N-ethyl adjacent to an activating group) is 1. The summed E-state index contributed by atoms with van der Waals surface area (Å²) in [6, 6.07) is 22.3. The molecule has 1 aromatic heterocycles. The van der Waals surface area contributed by atoms with Gasteiger partial charge in [-0.25, -0.2) is 9.78 Å². The maximum absolute atomic E-state index is 11.8. The van der Waals surface area contributed by atoms with Crippen LogP contribution in [0.3, 0.4) is 0 Å². The van der Waals surface area contributed by atoms with Gasteiger partial charge in [0.05, 0.1) is 18.5 Å². The lowest BCUT2D eigenvalue weighted by molar-refractivity contribution is 0.0527. The minimum atomic E-state index is -0.472. The Morgan fingerprint density at radius 2 is 1.43 bits per heavy atom. The second kappa shape index (κ2) is 15.6. The van der Waals surface area contributed by atoms with E-state index in [1.54, 1.807) is 7.11 Å². The van der Waals surface area contributed by atoms with Crippen LogP contribution in [0.25, 0.3) is 22.5 Å². The molecule has 0 radical (unpaired) electrons. The Kier molecular flexibility index (Phi) is 11.4. The first-order valence-corrected chi connectivity index (χ1v) is 16.8. The third-order valence-corrected chi connectivity index (χ3v) is 8.80. The van der Waals surface area contributed by atoms with Gasteiger partial charge < -0.3 is 35.2 Å². The number of methoxy groups -OCH3 is 1. The molecule has 2 fully saturated rings. The molecule has 0 spiro atoms. The predicted octanol–water partition coefficient (Wildman–Crippen LogP) is 6.40. The first-order valence-electron chi connectivity index (χ1n) is 16.8. The van der Waals surface area contributed by atoms with Gasteiger partial charge in [0.1, 0.15) is 11.4 Å². The van der Waals surface area contributed by atoms with Crippen molar-refractivity contribution < 1.29 is 14.3 Å². The number of benzene rings is 2. The van der Waals surface area contributed by atoms with Crippen LogP contribution in [0, 0.1) is 0 Å². The maximum Gasteiger partial charge on any atom is 0.407 e. The SMILES string of the molecule is COc1ccc(-c2cc(NC3CCC(NCCCNC(=O)OC(C)(C)C)CC3)cc(-c3ccc(N4CCN(C)CC4)cc3)n2)cc1. The van der Waals surface area contributed by atoms with Gasteiger partial charge in [-0.2, -0.15) is 0 Å². The molecule has 248 valence electrons. The van der Waals surface area contributed by atoms with Crippen molar-refractivity contribution in [2.75, 3.05) is 63.6 Å². The summed E-state index contributed by atoms with van der Waals surface area (Å²) < 4.78 is 10.7. The van der Waals surface area contributed by atoms with Gasteiger partial charge in [-0.3, -0.25) is 0 Å². The highest BCUT2D eigenvalue weighted by Gasteiger charge is 2.22. The predicted molar refractivity (Wildman–Crippen MR) is 188 cm³/mol. The molecular weight excluding hydrogens is 576 g/mol. The van der Waals surface area contributed by atoms with E-state index in [4.69, 9.17) is 14.5 Å². The Bertz CT molecular complexity index is 1390. The van der Waals surface area contributed by atoms with Crippen molar-refractivity contribution in [3.63, 3.8) is 0 Å². The monoisotopic (exact) mass is 628 g/mol. The summed E-state index contributed by atoms with van der Waals surface area (Å²) in [5, 5.41) is 10.4. The van der Waals surface area contributed by atoms with Crippen LogP contribution in [0.15, 0.2) is 60.7 Å². The molecule has 46 heavy (non-hydrogen) atoms. The Labute approximate surface area is 275 Å². The largest absolute Gasteiger partial charge is 0.497 e. The summed E-state index contributed by atoms with van der Waals surface area (Å²) in [5.74, 6) is 0.836. The van der Waals surface area contributed by atoms with Crippen molar-refractivity contribution in [3.05, 3.63) is 60.7 Å². The van der Waals surface area contributed by atoms with Crippen LogP contribution in [0.2, 0.25) is 0 Å². The average molecular weight is 629 g/mol. The number of amides is 1. The molecule has 0 bridgehead atoms. The van der Waals surface area contributed by atoms with E-state index in [2.05, 4.69) is 81.3 Å². The standard InChI is InChI=1S/C37H52N6O3/c1-37(2,3)46-36(44)39-20-6-19-38-29-11-13-30(14-12-29)40-31-25-34(41-35(26-31)28-9-17-33(45-5)18-10-28)27-7-15-32(16-8-27)43-23-21-42(4)22-24-43/h7-10,15-18,25-26,29-30,38H,6,11-14,19-24H2,1-5H3,(H,39,44)(H,40,41). The number of aromatic nitrogens is 1. The zero-order chi connectivity index (χ0) is 32.5. The minimum absolute atomic E-state index is 0.351. The van der Waals surface area contributed by atoms with E-state index >= 15 is 0 Å². The van der Waals surface area contributed by atoms with E-state index in [-0.39, 0.29) is 6.09 Å². The molecule has 2 aromatic carbocycles. The van der Waals surface area contributed by atoms with E-state index in [1.807, 2.05) is 32.9 Å². The molecule has 3 N–H and O–H groups in total. The van der Waals surface area contributed by atoms with E-state index in [1.165, 1.54) is 5.69 Å². The minimum Gasteiger partial charge on any atom is -0.497 e. The van der Waals surface area contributed by atoms with Crippen molar-refractivity contribution in [2.45, 2.75) is 70.6 Å².